The molecule has 0 atom stereocenters. The van der Waals surface area contributed by atoms with E-state index in [0.717, 1.165) is 40.9 Å². The van der Waals surface area contributed by atoms with Crippen LogP contribution in [-0.2, 0) is 0 Å². The molecule has 0 saturated heterocycles. The Kier molecular flexibility index (Phi) is 5.38. The van der Waals surface area contributed by atoms with Crippen LogP contribution in [0.4, 0.5) is 0 Å². The lowest BCUT2D eigenvalue weighted by Gasteiger charge is -1.98. The number of Topliss-reactive ketones (excluding diaryl/α,β-unsaturated/α-hetero) is 1. The summed E-state index contributed by atoms with van der Waals surface area (Å²) in [7, 11) is 0. The van der Waals surface area contributed by atoms with Crippen molar-refractivity contribution in [2.75, 3.05) is 11.5 Å². The normalized spacial score (nSPS) is 14.3. The van der Waals surface area contributed by atoms with E-state index in [1.807, 2.05) is 25.1 Å². The van der Waals surface area contributed by atoms with Gasteiger partial charge in [0.2, 0.25) is 0 Å². The van der Waals surface area contributed by atoms with Crippen molar-refractivity contribution in [3.63, 3.8) is 0 Å². The third kappa shape index (κ3) is 4.22. The SMILES string of the molecule is Cc1c(C(=O)CSc2nnc(SCC3CC3)s2)sc2ccc(Cl)cc12. The summed E-state index contributed by atoms with van der Waals surface area (Å²) >= 11 is 12.5. The van der Waals surface area contributed by atoms with Crippen molar-refractivity contribution in [1.82, 2.24) is 10.2 Å². The van der Waals surface area contributed by atoms with E-state index in [0.29, 0.717) is 10.8 Å². The van der Waals surface area contributed by atoms with Gasteiger partial charge in [0.25, 0.3) is 0 Å². The van der Waals surface area contributed by atoms with E-state index in [1.54, 1.807) is 34.4 Å². The van der Waals surface area contributed by atoms with Gasteiger partial charge in [-0.05, 0) is 54.8 Å². The molecule has 8 heteroatoms. The number of carbonyl (C=O) groups is 1. The van der Waals surface area contributed by atoms with Gasteiger partial charge in [-0.1, -0.05) is 46.5 Å². The van der Waals surface area contributed by atoms with E-state index in [4.69, 9.17) is 11.6 Å². The molecule has 0 amide bonds. The first kappa shape index (κ1) is 17.8. The molecule has 1 aliphatic rings. The number of hydrogen-bond donors (Lipinski definition) is 0. The van der Waals surface area contributed by atoms with E-state index >= 15 is 0 Å². The molecule has 0 bridgehead atoms. The highest BCUT2D eigenvalue weighted by atomic mass is 35.5. The van der Waals surface area contributed by atoms with Gasteiger partial charge in [-0.25, -0.2) is 0 Å². The van der Waals surface area contributed by atoms with Gasteiger partial charge >= 0.3 is 0 Å². The zero-order valence-electron chi connectivity index (χ0n) is 13.5. The standard InChI is InChI=1S/C17H15ClN2OS4/c1-9-12-6-11(18)4-5-14(12)24-15(9)13(21)8-23-17-20-19-16(25-17)22-7-10-2-3-10/h4-6,10H,2-3,7-8H2,1H3. The average molecular weight is 427 g/mol. The molecular formula is C17H15ClN2OS4. The molecular weight excluding hydrogens is 412 g/mol. The van der Waals surface area contributed by atoms with Gasteiger partial charge in [0, 0.05) is 15.5 Å². The maximum Gasteiger partial charge on any atom is 0.183 e. The molecule has 2 aromatic heterocycles. The van der Waals surface area contributed by atoms with Crippen molar-refractivity contribution in [2.45, 2.75) is 28.4 Å². The molecule has 0 unspecified atom stereocenters. The van der Waals surface area contributed by atoms with Crippen LogP contribution in [0.3, 0.4) is 0 Å². The molecule has 0 spiro atoms. The highest BCUT2D eigenvalue weighted by molar-refractivity contribution is 8.03. The molecule has 1 saturated carbocycles. The topological polar surface area (TPSA) is 42.9 Å². The van der Waals surface area contributed by atoms with E-state index in [9.17, 15) is 4.79 Å². The van der Waals surface area contributed by atoms with Crippen LogP contribution < -0.4 is 0 Å². The fourth-order valence-electron chi connectivity index (χ4n) is 2.44. The second kappa shape index (κ2) is 7.56. The van der Waals surface area contributed by atoms with Gasteiger partial charge in [-0.2, -0.15) is 0 Å². The lowest BCUT2D eigenvalue weighted by molar-refractivity contribution is 0.102. The molecule has 0 N–H and O–H groups in total. The summed E-state index contributed by atoms with van der Waals surface area (Å²) in [4.78, 5) is 13.4. The number of nitrogens with zero attached hydrogens (tertiary/aromatic N) is 2. The van der Waals surface area contributed by atoms with Crippen LogP contribution in [0.5, 0.6) is 0 Å². The van der Waals surface area contributed by atoms with Crippen LogP contribution in [0.1, 0.15) is 28.1 Å². The molecule has 1 aliphatic carbocycles. The molecule has 25 heavy (non-hydrogen) atoms. The maximum atomic E-state index is 12.6. The highest BCUT2D eigenvalue weighted by Crippen LogP contribution is 2.38. The van der Waals surface area contributed by atoms with Crippen LogP contribution in [0.15, 0.2) is 26.9 Å². The van der Waals surface area contributed by atoms with E-state index in [-0.39, 0.29) is 5.78 Å². The monoisotopic (exact) mass is 426 g/mol. The lowest BCUT2D eigenvalue weighted by atomic mass is 10.1. The minimum Gasteiger partial charge on any atom is -0.292 e. The van der Waals surface area contributed by atoms with Crippen LogP contribution in [-0.4, -0.2) is 27.5 Å². The fraction of sp³-hybridized carbons (Fsp3) is 0.353. The van der Waals surface area contributed by atoms with Crippen molar-refractivity contribution in [3.05, 3.63) is 33.7 Å². The predicted molar refractivity (Wildman–Crippen MR) is 110 cm³/mol. The first-order valence-corrected chi connectivity index (χ1v) is 11.9. The van der Waals surface area contributed by atoms with Gasteiger partial charge in [-0.3, -0.25) is 4.79 Å². The number of ketones is 1. The Morgan fingerprint density at radius 1 is 1.24 bits per heavy atom. The number of thiophene rings is 1. The van der Waals surface area contributed by atoms with Gasteiger partial charge in [-0.15, -0.1) is 21.5 Å². The minimum absolute atomic E-state index is 0.141. The second-order valence-corrected chi connectivity index (χ2v) is 11.0. The van der Waals surface area contributed by atoms with Gasteiger partial charge in [0.05, 0.1) is 10.6 Å². The molecule has 3 nitrogen and oxygen atoms in total. The third-order valence-electron chi connectivity index (χ3n) is 4.01. The summed E-state index contributed by atoms with van der Waals surface area (Å²) in [6, 6.07) is 5.78. The zero-order chi connectivity index (χ0) is 17.4. The summed E-state index contributed by atoms with van der Waals surface area (Å²) in [5.74, 6) is 2.55. The van der Waals surface area contributed by atoms with E-state index in [1.165, 1.54) is 24.6 Å². The number of aromatic nitrogens is 2. The van der Waals surface area contributed by atoms with E-state index in [2.05, 4.69) is 10.2 Å². The minimum atomic E-state index is 0.141. The molecule has 3 aromatic rings. The largest absolute Gasteiger partial charge is 0.292 e. The molecule has 2 heterocycles. The molecule has 0 radical (unpaired) electrons. The molecule has 130 valence electrons. The highest BCUT2D eigenvalue weighted by Gasteiger charge is 2.22. The number of benzene rings is 1. The van der Waals surface area contributed by atoms with Gasteiger partial charge in [0.15, 0.2) is 14.5 Å². The number of fused-ring (bicyclic) bond motifs is 1. The maximum absolute atomic E-state index is 12.6. The number of thioether (sulfide) groups is 2. The van der Waals surface area contributed by atoms with E-state index < -0.39 is 0 Å². The van der Waals surface area contributed by atoms with Crippen LogP contribution in [0.25, 0.3) is 10.1 Å². The van der Waals surface area contributed by atoms with Crippen LogP contribution in [0.2, 0.25) is 5.02 Å². The number of carbonyl (C=O) groups excluding carboxylic acids is 1. The zero-order valence-corrected chi connectivity index (χ0v) is 17.5. The van der Waals surface area contributed by atoms with Gasteiger partial charge < -0.3 is 0 Å². The Morgan fingerprint density at radius 3 is 2.76 bits per heavy atom. The predicted octanol–water partition coefficient (Wildman–Crippen LogP) is 6.19. The number of hydrogen-bond acceptors (Lipinski definition) is 7. The van der Waals surface area contributed by atoms with Crippen molar-refractivity contribution in [1.29, 1.82) is 0 Å². The Bertz CT molecular complexity index is 932. The number of aryl methyl sites for hydroxylation is 1. The summed E-state index contributed by atoms with van der Waals surface area (Å²) in [6.07, 6.45) is 2.70. The first-order valence-electron chi connectivity index (χ1n) is 7.91. The summed E-state index contributed by atoms with van der Waals surface area (Å²) in [5, 5.41) is 10.2. The average Bonchev–Trinajstić information content (AvgIpc) is 3.23. The van der Waals surface area contributed by atoms with Crippen molar-refractivity contribution < 1.29 is 4.79 Å². The number of halogens is 1. The summed E-state index contributed by atoms with van der Waals surface area (Å²) in [6.45, 7) is 1.99. The van der Waals surface area contributed by atoms with Crippen LogP contribution >= 0.6 is 57.8 Å². The molecule has 1 fully saturated rings. The number of rotatable bonds is 7. The second-order valence-electron chi connectivity index (χ2n) is 6.00. The van der Waals surface area contributed by atoms with Crippen LogP contribution in [0, 0.1) is 12.8 Å². The van der Waals surface area contributed by atoms with Gasteiger partial charge in [0.1, 0.15) is 0 Å². The Hall–Kier alpha value is -0.600. The quantitative estimate of drug-likeness (QED) is 0.332. The molecule has 4 rings (SSSR count). The Morgan fingerprint density at radius 2 is 2.00 bits per heavy atom. The van der Waals surface area contributed by atoms with Crippen molar-refractivity contribution in [2.24, 2.45) is 5.92 Å². The Labute approximate surface area is 167 Å². The van der Waals surface area contributed by atoms with Crippen molar-refractivity contribution >= 4 is 73.7 Å². The molecule has 0 aliphatic heterocycles. The fourth-order valence-corrected chi connectivity index (χ4v) is 6.93. The third-order valence-corrected chi connectivity index (χ3v) is 8.98. The summed E-state index contributed by atoms with van der Waals surface area (Å²) in [5.41, 5.74) is 1.02. The van der Waals surface area contributed by atoms with Crippen molar-refractivity contribution in [3.8, 4) is 0 Å². The first-order chi connectivity index (χ1) is 12.1. The Balaban J connectivity index is 1.41. The smallest absolute Gasteiger partial charge is 0.183 e. The lowest BCUT2D eigenvalue weighted by Crippen LogP contribution is -2.01. The molecule has 1 aromatic carbocycles. The summed E-state index contributed by atoms with van der Waals surface area (Å²) < 4.78 is 2.98.